The van der Waals surface area contributed by atoms with Gasteiger partial charge in [0, 0.05) is 26.2 Å². The van der Waals surface area contributed by atoms with Crippen molar-refractivity contribution in [2.24, 2.45) is 0 Å². The fourth-order valence-corrected chi connectivity index (χ4v) is 1.23. The average Bonchev–Trinajstić information content (AvgIpc) is 2.48. The lowest BCUT2D eigenvalue weighted by molar-refractivity contribution is -0.140. The highest BCUT2D eigenvalue weighted by Gasteiger charge is 2.17. The molecule has 0 aliphatic rings. The van der Waals surface area contributed by atoms with E-state index in [1.165, 1.54) is 0 Å². The predicted octanol–water partition coefficient (Wildman–Crippen LogP) is 1.24. The summed E-state index contributed by atoms with van der Waals surface area (Å²) in [4.78, 5) is 21.0. The van der Waals surface area contributed by atoms with Gasteiger partial charge in [-0.05, 0) is 40.2 Å². The van der Waals surface area contributed by atoms with Gasteiger partial charge in [-0.2, -0.15) is 0 Å². The van der Waals surface area contributed by atoms with Crippen LogP contribution < -0.4 is 11.5 Å². The molecule has 9 N–H and O–H groups in total. The van der Waals surface area contributed by atoms with Crippen molar-refractivity contribution in [1.82, 2.24) is 11.5 Å². The Labute approximate surface area is 151 Å². The van der Waals surface area contributed by atoms with E-state index in [9.17, 15) is 9.59 Å². The van der Waals surface area contributed by atoms with Gasteiger partial charge in [-0.3, -0.25) is 9.59 Å². The minimum atomic E-state index is -0.979. The van der Waals surface area contributed by atoms with Crippen LogP contribution in [0.2, 0.25) is 0 Å². The molecule has 0 aromatic rings. The Kier molecular flexibility index (Phi) is 47.8. The lowest BCUT2D eigenvalue weighted by Crippen LogP contribution is -2.37. The maximum Gasteiger partial charge on any atom is 0.320 e. The standard InChI is InChI=1S/C10H19NO4.3C2H6O.H3N/c1-2-3-4-7-11-8(10(14)15)5-6-9(12)13;3*1-2-3;/h8,11H,2-7H2,1H3,(H,12,13)(H,14,15);3*3H,2H2,1H3;1H3. The van der Waals surface area contributed by atoms with Crippen LogP contribution in [0.25, 0.3) is 0 Å². The molecule has 0 aromatic heterocycles. The number of aliphatic hydroxyl groups is 3. The molecule has 0 fully saturated rings. The molecule has 0 amide bonds. The molecule has 9 heteroatoms. The third kappa shape index (κ3) is 51.8. The molecule has 0 rings (SSSR count). The number of unbranched alkanes of at least 4 members (excludes halogenated alkanes) is 2. The first-order chi connectivity index (χ1) is 11.3. The Hall–Kier alpha value is -1.26. The highest BCUT2D eigenvalue weighted by molar-refractivity contribution is 5.75. The van der Waals surface area contributed by atoms with Crippen LogP contribution >= 0.6 is 0 Å². The largest absolute Gasteiger partial charge is 0.481 e. The van der Waals surface area contributed by atoms with Gasteiger partial charge in [0.25, 0.3) is 0 Å². The first-order valence-corrected chi connectivity index (χ1v) is 8.33. The molecule has 9 nitrogen and oxygen atoms in total. The van der Waals surface area contributed by atoms with Crippen molar-refractivity contribution >= 4 is 11.9 Å². The summed E-state index contributed by atoms with van der Waals surface area (Å²) in [5.74, 6) is -1.94. The number of rotatable bonds is 9. The van der Waals surface area contributed by atoms with Crippen LogP contribution in [0.4, 0.5) is 0 Å². The molecule has 0 bridgehead atoms. The van der Waals surface area contributed by atoms with Crippen LogP contribution in [0.1, 0.15) is 59.8 Å². The van der Waals surface area contributed by atoms with E-state index in [0.717, 1.165) is 19.3 Å². The Morgan fingerprint density at radius 3 is 1.56 bits per heavy atom. The predicted molar refractivity (Wildman–Crippen MR) is 99.1 cm³/mol. The normalized spacial score (nSPS) is 9.56. The fraction of sp³-hybridized carbons (Fsp3) is 0.875. The van der Waals surface area contributed by atoms with E-state index in [-0.39, 0.29) is 38.8 Å². The molecule has 0 spiro atoms. The number of aliphatic carboxylic acids is 2. The molecular weight excluding hydrogens is 332 g/mol. The van der Waals surface area contributed by atoms with Crippen molar-refractivity contribution in [1.29, 1.82) is 0 Å². The maximum absolute atomic E-state index is 10.7. The van der Waals surface area contributed by atoms with Gasteiger partial charge in [0.15, 0.2) is 0 Å². The van der Waals surface area contributed by atoms with Gasteiger partial charge in [0.05, 0.1) is 0 Å². The third-order valence-corrected chi connectivity index (χ3v) is 2.12. The van der Waals surface area contributed by atoms with E-state index in [2.05, 4.69) is 12.2 Å². The molecule has 0 heterocycles. The monoisotopic (exact) mass is 372 g/mol. The van der Waals surface area contributed by atoms with Crippen molar-refractivity contribution < 1.29 is 35.1 Å². The third-order valence-electron chi connectivity index (χ3n) is 2.12. The second-order valence-corrected chi connectivity index (χ2v) is 4.43. The molecule has 0 aliphatic carbocycles. The molecule has 0 aliphatic heterocycles. The Morgan fingerprint density at radius 2 is 1.28 bits per heavy atom. The van der Waals surface area contributed by atoms with Crippen LogP contribution in [-0.2, 0) is 9.59 Å². The molecule has 0 saturated heterocycles. The van der Waals surface area contributed by atoms with Gasteiger partial charge in [-0.1, -0.05) is 19.8 Å². The lowest BCUT2D eigenvalue weighted by Gasteiger charge is -2.12. The van der Waals surface area contributed by atoms with Crippen LogP contribution in [0.5, 0.6) is 0 Å². The minimum absolute atomic E-state index is 0. The lowest BCUT2D eigenvalue weighted by atomic mass is 10.1. The van der Waals surface area contributed by atoms with Gasteiger partial charge in [0.2, 0.25) is 0 Å². The number of carboxylic acid groups (broad SMARTS) is 2. The summed E-state index contributed by atoms with van der Waals surface area (Å²) in [5, 5.41) is 42.8. The SMILES string of the molecule is CCCCCNC(CCC(=O)O)C(=O)O.CCO.CCO.CCO.N. The first-order valence-electron chi connectivity index (χ1n) is 8.33. The van der Waals surface area contributed by atoms with Crippen LogP contribution in [0.3, 0.4) is 0 Å². The van der Waals surface area contributed by atoms with Gasteiger partial charge in [-0.15, -0.1) is 0 Å². The molecule has 0 aromatic carbocycles. The molecule has 156 valence electrons. The van der Waals surface area contributed by atoms with Crippen LogP contribution in [-0.4, -0.2) is 69.9 Å². The van der Waals surface area contributed by atoms with Crippen molar-refractivity contribution in [2.75, 3.05) is 26.4 Å². The molecule has 0 saturated carbocycles. The number of hydrogen-bond donors (Lipinski definition) is 7. The first kappa shape index (κ1) is 35.0. The summed E-state index contributed by atoms with van der Waals surface area (Å²) in [7, 11) is 0. The molecular formula is C16H40N2O7. The second kappa shape index (κ2) is 34.2. The summed E-state index contributed by atoms with van der Waals surface area (Å²) in [5.41, 5.74) is 0. The zero-order valence-corrected chi connectivity index (χ0v) is 16.2. The fourth-order valence-electron chi connectivity index (χ4n) is 1.23. The smallest absolute Gasteiger partial charge is 0.320 e. The van der Waals surface area contributed by atoms with E-state index in [0.29, 0.717) is 6.54 Å². The summed E-state index contributed by atoms with van der Waals surface area (Å²) in [6.07, 6.45) is 3.08. The van der Waals surface area contributed by atoms with Gasteiger partial charge >= 0.3 is 11.9 Å². The molecule has 25 heavy (non-hydrogen) atoms. The van der Waals surface area contributed by atoms with Crippen molar-refractivity contribution in [3.05, 3.63) is 0 Å². The quantitative estimate of drug-likeness (QED) is 0.293. The van der Waals surface area contributed by atoms with Crippen molar-refractivity contribution in [3.63, 3.8) is 0 Å². The zero-order chi connectivity index (χ0) is 19.8. The molecule has 0 radical (unpaired) electrons. The Morgan fingerprint density at radius 1 is 0.880 bits per heavy atom. The van der Waals surface area contributed by atoms with E-state index in [1.54, 1.807) is 20.8 Å². The topological polar surface area (TPSA) is 182 Å². The van der Waals surface area contributed by atoms with E-state index >= 15 is 0 Å². The second-order valence-electron chi connectivity index (χ2n) is 4.43. The van der Waals surface area contributed by atoms with Crippen LogP contribution in [0.15, 0.2) is 0 Å². The Bertz CT molecular complexity index is 250. The van der Waals surface area contributed by atoms with Crippen molar-refractivity contribution in [2.45, 2.75) is 65.8 Å². The summed E-state index contributed by atoms with van der Waals surface area (Å²) >= 11 is 0. The van der Waals surface area contributed by atoms with E-state index in [4.69, 9.17) is 25.5 Å². The number of nitrogens with one attached hydrogen (secondary N) is 1. The Balaban J connectivity index is -0.000000112. The van der Waals surface area contributed by atoms with E-state index < -0.39 is 18.0 Å². The molecule has 1 unspecified atom stereocenters. The summed E-state index contributed by atoms with van der Waals surface area (Å²) < 4.78 is 0. The van der Waals surface area contributed by atoms with Gasteiger partial charge < -0.3 is 37.0 Å². The van der Waals surface area contributed by atoms with E-state index in [1.807, 2.05) is 0 Å². The number of aliphatic hydroxyl groups excluding tert-OH is 3. The number of carbonyl (C=O) groups is 2. The highest BCUT2D eigenvalue weighted by atomic mass is 16.4. The van der Waals surface area contributed by atoms with Crippen molar-refractivity contribution in [3.8, 4) is 0 Å². The molecule has 1 atom stereocenters. The van der Waals surface area contributed by atoms with Gasteiger partial charge in [0.1, 0.15) is 6.04 Å². The summed E-state index contributed by atoms with van der Waals surface area (Å²) in [6.45, 7) is 8.49. The average molecular weight is 373 g/mol. The van der Waals surface area contributed by atoms with Crippen LogP contribution in [0, 0.1) is 0 Å². The number of hydrogen-bond acceptors (Lipinski definition) is 7. The number of carboxylic acids is 2. The summed E-state index contributed by atoms with van der Waals surface area (Å²) in [6, 6.07) is -0.738. The zero-order valence-electron chi connectivity index (χ0n) is 16.2. The highest BCUT2D eigenvalue weighted by Crippen LogP contribution is 1.99. The minimum Gasteiger partial charge on any atom is -0.481 e. The van der Waals surface area contributed by atoms with Gasteiger partial charge in [-0.25, -0.2) is 0 Å². The maximum atomic E-state index is 10.7.